The summed E-state index contributed by atoms with van der Waals surface area (Å²) in [5.74, 6) is 0. The van der Waals surface area contributed by atoms with Gasteiger partial charge in [0.05, 0.1) is 11.6 Å². The Morgan fingerprint density at radius 2 is 2.42 bits per heavy atom. The molecule has 12 heavy (non-hydrogen) atoms. The van der Waals surface area contributed by atoms with Gasteiger partial charge in [-0.05, 0) is 30.2 Å². The first kappa shape index (κ1) is 8.69. The zero-order chi connectivity index (χ0) is 9.14. The first-order chi connectivity index (χ1) is 5.66. The molecule has 0 fully saturated rings. The maximum atomic E-state index is 10.7. The smallest absolute Gasteiger partial charge is 0.271 e. The fourth-order valence-corrected chi connectivity index (χ4v) is 1.05. The number of hydrogen-bond donors (Lipinski definition) is 0. The van der Waals surface area contributed by atoms with Crippen molar-refractivity contribution in [3.05, 3.63) is 29.1 Å². The molecule has 0 N–H and O–H groups in total. The lowest BCUT2D eigenvalue weighted by Crippen LogP contribution is -1.99. The van der Waals surface area contributed by atoms with Crippen molar-refractivity contribution in [2.45, 2.75) is 6.92 Å². The number of pyridine rings is 1. The van der Waals surface area contributed by atoms with Crippen molar-refractivity contribution in [3.63, 3.8) is 0 Å². The second-order valence-electron chi connectivity index (χ2n) is 2.22. The van der Waals surface area contributed by atoms with Crippen LogP contribution in [-0.2, 0) is 0 Å². The normalized spacial score (nSPS) is 9.08. The molecule has 0 saturated heterocycles. The molecule has 0 aliphatic rings. The van der Waals surface area contributed by atoms with Gasteiger partial charge in [-0.3, -0.25) is 9.78 Å². The van der Waals surface area contributed by atoms with Crippen LogP contribution in [0.4, 0.5) is 0 Å². The topological polar surface area (TPSA) is 53.8 Å². The standard InChI is InChI=1S/C8H5ClN2O/c1-5-6(4-10)2-3-11-7(5)8(9)12/h2-3H,1H3. The maximum Gasteiger partial charge on any atom is 0.271 e. The van der Waals surface area contributed by atoms with Gasteiger partial charge in [-0.1, -0.05) is 0 Å². The molecule has 1 aromatic rings. The number of nitriles is 1. The Morgan fingerprint density at radius 3 is 2.92 bits per heavy atom. The third-order valence-electron chi connectivity index (χ3n) is 1.51. The number of carbonyl (C=O) groups is 1. The van der Waals surface area contributed by atoms with Crippen LogP contribution in [-0.4, -0.2) is 10.2 Å². The van der Waals surface area contributed by atoms with Crippen LogP contribution in [0.5, 0.6) is 0 Å². The van der Waals surface area contributed by atoms with Gasteiger partial charge >= 0.3 is 0 Å². The number of halogens is 1. The van der Waals surface area contributed by atoms with Crippen molar-refractivity contribution in [2.75, 3.05) is 0 Å². The molecule has 1 heterocycles. The molecule has 0 saturated carbocycles. The van der Waals surface area contributed by atoms with Crippen molar-refractivity contribution in [2.24, 2.45) is 0 Å². The Hall–Kier alpha value is -1.40. The van der Waals surface area contributed by atoms with Crippen molar-refractivity contribution >= 4 is 16.8 Å². The molecule has 0 amide bonds. The van der Waals surface area contributed by atoms with Gasteiger partial charge in [0, 0.05) is 6.20 Å². The van der Waals surface area contributed by atoms with Gasteiger partial charge < -0.3 is 0 Å². The van der Waals surface area contributed by atoms with Gasteiger partial charge in [-0.15, -0.1) is 0 Å². The Balaban J connectivity index is 3.35. The van der Waals surface area contributed by atoms with Crippen LogP contribution >= 0.6 is 11.6 Å². The molecule has 0 aliphatic carbocycles. The van der Waals surface area contributed by atoms with Gasteiger partial charge in [-0.2, -0.15) is 5.26 Å². The monoisotopic (exact) mass is 180 g/mol. The SMILES string of the molecule is Cc1c(C#N)ccnc1C(=O)Cl. The molecule has 60 valence electrons. The van der Waals surface area contributed by atoms with Crippen LogP contribution in [0.2, 0.25) is 0 Å². The van der Waals surface area contributed by atoms with Crippen LogP contribution in [0.15, 0.2) is 12.3 Å². The summed E-state index contributed by atoms with van der Waals surface area (Å²) in [5, 5.41) is 7.96. The second kappa shape index (κ2) is 3.33. The van der Waals surface area contributed by atoms with Crippen LogP contribution in [0.1, 0.15) is 21.6 Å². The molecule has 0 bridgehead atoms. The highest BCUT2D eigenvalue weighted by atomic mass is 35.5. The predicted octanol–water partition coefficient (Wildman–Crippen LogP) is 1.64. The van der Waals surface area contributed by atoms with Crippen molar-refractivity contribution < 1.29 is 4.79 Å². The molecule has 0 aliphatic heterocycles. The zero-order valence-corrected chi connectivity index (χ0v) is 7.09. The summed E-state index contributed by atoms with van der Waals surface area (Å²) in [5.41, 5.74) is 1.10. The molecule has 0 radical (unpaired) electrons. The first-order valence-electron chi connectivity index (χ1n) is 3.22. The van der Waals surface area contributed by atoms with Gasteiger partial charge in [0.1, 0.15) is 5.69 Å². The van der Waals surface area contributed by atoms with Crippen molar-refractivity contribution in [1.82, 2.24) is 4.98 Å². The van der Waals surface area contributed by atoms with E-state index in [1.807, 2.05) is 6.07 Å². The van der Waals surface area contributed by atoms with E-state index in [-0.39, 0.29) is 5.69 Å². The Bertz CT molecular complexity index is 368. The summed E-state index contributed by atoms with van der Waals surface area (Å²) in [6.07, 6.45) is 1.39. The highest BCUT2D eigenvalue weighted by Crippen LogP contribution is 2.11. The van der Waals surface area contributed by atoms with Gasteiger partial charge in [0.25, 0.3) is 5.24 Å². The average Bonchev–Trinajstić information content (AvgIpc) is 2.04. The van der Waals surface area contributed by atoms with Gasteiger partial charge in [0.15, 0.2) is 0 Å². The minimum absolute atomic E-state index is 0.149. The van der Waals surface area contributed by atoms with Gasteiger partial charge in [0.2, 0.25) is 0 Å². The Kier molecular flexibility index (Phi) is 2.41. The Labute approximate surface area is 74.6 Å². The minimum Gasteiger partial charge on any atom is -0.274 e. The van der Waals surface area contributed by atoms with E-state index in [2.05, 4.69) is 4.98 Å². The van der Waals surface area contributed by atoms with E-state index in [0.29, 0.717) is 11.1 Å². The molecule has 0 spiro atoms. The summed E-state index contributed by atoms with van der Waals surface area (Å²) in [6.45, 7) is 1.64. The summed E-state index contributed by atoms with van der Waals surface area (Å²) in [6, 6.07) is 3.48. The quantitative estimate of drug-likeness (QED) is 0.618. The predicted molar refractivity (Wildman–Crippen MR) is 43.9 cm³/mol. The van der Waals surface area contributed by atoms with Gasteiger partial charge in [-0.25, -0.2) is 0 Å². The Morgan fingerprint density at radius 1 is 1.75 bits per heavy atom. The fourth-order valence-electron chi connectivity index (χ4n) is 0.855. The minimum atomic E-state index is -0.635. The summed E-state index contributed by atoms with van der Waals surface area (Å²) >= 11 is 5.23. The maximum absolute atomic E-state index is 10.7. The lowest BCUT2D eigenvalue weighted by atomic mass is 10.1. The average molecular weight is 181 g/mol. The molecule has 0 atom stereocenters. The zero-order valence-electron chi connectivity index (χ0n) is 6.34. The second-order valence-corrected chi connectivity index (χ2v) is 2.56. The van der Waals surface area contributed by atoms with Crippen LogP contribution < -0.4 is 0 Å². The van der Waals surface area contributed by atoms with Crippen LogP contribution in [0, 0.1) is 18.3 Å². The largest absolute Gasteiger partial charge is 0.274 e. The summed E-state index contributed by atoms with van der Waals surface area (Å²) in [7, 11) is 0. The lowest BCUT2D eigenvalue weighted by molar-refractivity contribution is 0.107. The molecular formula is C8H5ClN2O. The van der Waals surface area contributed by atoms with Crippen LogP contribution in [0.25, 0.3) is 0 Å². The van der Waals surface area contributed by atoms with E-state index in [4.69, 9.17) is 16.9 Å². The fraction of sp³-hybridized carbons (Fsp3) is 0.125. The molecular weight excluding hydrogens is 176 g/mol. The molecule has 0 aromatic carbocycles. The number of carbonyl (C=O) groups excluding carboxylic acids is 1. The summed E-state index contributed by atoms with van der Waals surface area (Å²) in [4.78, 5) is 14.5. The highest BCUT2D eigenvalue weighted by molar-refractivity contribution is 6.67. The highest BCUT2D eigenvalue weighted by Gasteiger charge is 2.09. The third kappa shape index (κ3) is 1.44. The molecule has 4 heteroatoms. The lowest BCUT2D eigenvalue weighted by Gasteiger charge is -1.99. The number of hydrogen-bond acceptors (Lipinski definition) is 3. The molecule has 0 unspecified atom stereocenters. The number of nitrogens with zero attached hydrogens (tertiary/aromatic N) is 2. The van der Waals surface area contributed by atoms with E-state index >= 15 is 0 Å². The first-order valence-corrected chi connectivity index (χ1v) is 3.60. The van der Waals surface area contributed by atoms with E-state index in [1.165, 1.54) is 6.20 Å². The van der Waals surface area contributed by atoms with E-state index < -0.39 is 5.24 Å². The van der Waals surface area contributed by atoms with Crippen molar-refractivity contribution in [1.29, 1.82) is 5.26 Å². The summed E-state index contributed by atoms with van der Waals surface area (Å²) < 4.78 is 0. The van der Waals surface area contributed by atoms with E-state index in [0.717, 1.165) is 0 Å². The van der Waals surface area contributed by atoms with E-state index in [9.17, 15) is 4.79 Å². The van der Waals surface area contributed by atoms with E-state index in [1.54, 1.807) is 13.0 Å². The molecule has 3 nitrogen and oxygen atoms in total. The van der Waals surface area contributed by atoms with Crippen molar-refractivity contribution in [3.8, 4) is 6.07 Å². The number of aromatic nitrogens is 1. The molecule has 1 aromatic heterocycles. The third-order valence-corrected chi connectivity index (χ3v) is 1.69. The van der Waals surface area contributed by atoms with Crippen LogP contribution in [0.3, 0.4) is 0 Å². The molecule has 1 rings (SSSR count). The number of rotatable bonds is 1.